The largest absolute Gasteiger partial charge is 0.452 e. The molecule has 0 bridgehead atoms. The molecule has 2 aromatic rings. The number of rotatable bonds is 7. The van der Waals surface area contributed by atoms with Gasteiger partial charge in [-0.1, -0.05) is 35.5 Å². The van der Waals surface area contributed by atoms with Gasteiger partial charge in [0.05, 0.1) is 12.5 Å². The third kappa shape index (κ3) is 4.37. The van der Waals surface area contributed by atoms with Crippen molar-refractivity contribution in [1.29, 1.82) is 0 Å². The number of nitrogens with one attached hydrogen (secondary N) is 1. The van der Waals surface area contributed by atoms with Gasteiger partial charge in [-0.25, -0.2) is 0 Å². The Morgan fingerprint density at radius 3 is 2.63 bits per heavy atom. The highest BCUT2D eigenvalue weighted by Gasteiger charge is 2.49. The lowest BCUT2D eigenvalue weighted by molar-refractivity contribution is -0.157. The van der Waals surface area contributed by atoms with Gasteiger partial charge in [-0.2, -0.15) is 0 Å². The minimum absolute atomic E-state index is 0.122. The average Bonchev–Trinajstić information content (AvgIpc) is 3.34. The summed E-state index contributed by atoms with van der Waals surface area (Å²) < 4.78 is 10.6. The van der Waals surface area contributed by atoms with E-state index in [-0.39, 0.29) is 30.9 Å². The molecule has 1 aliphatic carbocycles. The van der Waals surface area contributed by atoms with Gasteiger partial charge in [-0.05, 0) is 25.3 Å². The molecule has 30 heavy (non-hydrogen) atoms. The molecule has 8 heteroatoms. The molecular weight excluding hydrogens is 386 g/mol. The quantitative estimate of drug-likeness (QED) is 0.699. The smallest absolute Gasteiger partial charge is 0.303 e. The van der Waals surface area contributed by atoms with Crippen molar-refractivity contribution in [1.82, 2.24) is 15.4 Å². The average molecular weight is 411 g/mol. The van der Waals surface area contributed by atoms with Crippen LogP contribution in [0.2, 0.25) is 0 Å². The number of hydrogen-bond acceptors (Lipinski definition) is 6. The molecule has 2 unspecified atom stereocenters. The summed E-state index contributed by atoms with van der Waals surface area (Å²) >= 11 is 0. The third-order valence-corrected chi connectivity index (χ3v) is 5.49. The zero-order chi connectivity index (χ0) is 21.3. The molecule has 158 valence electrons. The number of nitrogens with zero attached hydrogens (tertiary/aromatic N) is 2. The Morgan fingerprint density at radius 1 is 1.30 bits per heavy atom. The summed E-state index contributed by atoms with van der Waals surface area (Å²) in [6.07, 6.45) is 0.797. The molecule has 1 N–H and O–H groups in total. The van der Waals surface area contributed by atoms with Gasteiger partial charge in [0.15, 0.2) is 6.10 Å². The topological polar surface area (TPSA) is 102 Å². The summed E-state index contributed by atoms with van der Waals surface area (Å²) in [5.74, 6) is -1.44. The van der Waals surface area contributed by atoms with Gasteiger partial charge in [-0.15, -0.1) is 0 Å². The van der Waals surface area contributed by atoms with Crippen LogP contribution in [0.4, 0.5) is 0 Å². The number of carbonyl (C=O) groups is 3. The minimum atomic E-state index is -1.04. The summed E-state index contributed by atoms with van der Waals surface area (Å²) in [5.41, 5.74) is 1.43. The van der Waals surface area contributed by atoms with E-state index >= 15 is 0 Å². The van der Waals surface area contributed by atoms with Crippen molar-refractivity contribution in [3.05, 3.63) is 53.4 Å². The third-order valence-electron chi connectivity index (χ3n) is 5.49. The first kappa shape index (κ1) is 20.1. The maximum absolute atomic E-state index is 13.4. The van der Waals surface area contributed by atoms with Crippen molar-refractivity contribution >= 4 is 17.8 Å². The number of likely N-dealkylation sites (tertiary alicyclic amines) is 1. The van der Waals surface area contributed by atoms with Crippen molar-refractivity contribution in [3.63, 3.8) is 0 Å². The number of benzene rings is 1. The Kier molecular flexibility index (Phi) is 5.57. The molecule has 2 fully saturated rings. The first-order chi connectivity index (χ1) is 14.4. The van der Waals surface area contributed by atoms with E-state index in [9.17, 15) is 14.4 Å². The molecular formula is C22H25N3O5. The Balaban J connectivity index is 1.64. The second kappa shape index (κ2) is 8.30. The fraction of sp³-hybridized carbons (Fsp3) is 0.455. The predicted octanol–water partition coefficient (Wildman–Crippen LogP) is 1.94. The van der Waals surface area contributed by atoms with Crippen LogP contribution >= 0.6 is 0 Å². The molecule has 1 aliphatic heterocycles. The van der Waals surface area contributed by atoms with E-state index in [1.54, 1.807) is 17.9 Å². The monoisotopic (exact) mass is 411 g/mol. The predicted molar refractivity (Wildman–Crippen MR) is 106 cm³/mol. The van der Waals surface area contributed by atoms with Gasteiger partial charge in [-0.3, -0.25) is 14.4 Å². The van der Waals surface area contributed by atoms with Crippen LogP contribution in [-0.4, -0.2) is 46.5 Å². The number of amides is 2. The molecule has 8 nitrogen and oxygen atoms in total. The Morgan fingerprint density at radius 2 is 2.03 bits per heavy atom. The van der Waals surface area contributed by atoms with Crippen molar-refractivity contribution in [2.24, 2.45) is 5.92 Å². The highest BCUT2D eigenvalue weighted by molar-refractivity contribution is 5.90. The van der Waals surface area contributed by atoms with Crippen LogP contribution in [0.15, 0.2) is 40.9 Å². The lowest BCUT2D eigenvalue weighted by Crippen LogP contribution is -2.45. The highest BCUT2D eigenvalue weighted by Crippen LogP contribution is 2.38. The van der Waals surface area contributed by atoms with Crippen LogP contribution in [0.1, 0.15) is 42.7 Å². The van der Waals surface area contributed by atoms with E-state index in [0.717, 1.165) is 18.4 Å². The van der Waals surface area contributed by atoms with Crippen molar-refractivity contribution in [2.45, 2.75) is 51.3 Å². The van der Waals surface area contributed by atoms with Crippen molar-refractivity contribution in [2.75, 3.05) is 6.54 Å². The number of aryl methyl sites for hydroxylation is 1. The van der Waals surface area contributed by atoms with Gasteiger partial charge in [0.25, 0.3) is 5.91 Å². The molecule has 3 atom stereocenters. The van der Waals surface area contributed by atoms with Crippen LogP contribution in [0.25, 0.3) is 0 Å². The number of esters is 1. The zero-order valence-corrected chi connectivity index (χ0v) is 17.0. The fourth-order valence-electron chi connectivity index (χ4n) is 4.01. The van der Waals surface area contributed by atoms with Crippen LogP contribution in [0.3, 0.4) is 0 Å². The van der Waals surface area contributed by atoms with E-state index in [2.05, 4.69) is 10.5 Å². The molecule has 1 aromatic heterocycles. The van der Waals surface area contributed by atoms with Gasteiger partial charge >= 0.3 is 5.97 Å². The minimum Gasteiger partial charge on any atom is -0.452 e. The van der Waals surface area contributed by atoms with Crippen molar-refractivity contribution in [3.8, 4) is 0 Å². The number of aromatic nitrogens is 1. The Labute approximate surface area is 174 Å². The summed E-state index contributed by atoms with van der Waals surface area (Å²) in [5, 5.41) is 6.90. The van der Waals surface area contributed by atoms with Crippen LogP contribution in [-0.2, 0) is 25.7 Å². The van der Waals surface area contributed by atoms with Crippen LogP contribution in [0.5, 0.6) is 0 Å². The number of ether oxygens (including phenoxy) is 1. The van der Waals surface area contributed by atoms with Crippen LogP contribution < -0.4 is 5.32 Å². The summed E-state index contributed by atoms with van der Waals surface area (Å²) in [6.45, 7) is 3.62. The second-order valence-corrected chi connectivity index (χ2v) is 8.01. The lowest BCUT2D eigenvalue weighted by atomic mass is 9.84. The molecule has 1 saturated heterocycles. The van der Waals surface area contributed by atoms with Gasteiger partial charge < -0.3 is 19.5 Å². The van der Waals surface area contributed by atoms with E-state index in [4.69, 9.17) is 9.26 Å². The molecule has 0 radical (unpaired) electrons. The Hall–Kier alpha value is -3.16. The van der Waals surface area contributed by atoms with Crippen molar-refractivity contribution < 1.29 is 23.6 Å². The van der Waals surface area contributed by atoms with Gasteiger partial charge in [0.2, 0.25) is 5.91 Å². The summed E-state index contributed by atoms with van der Waals surface area (Å²) in [6, 6.07) is 11.2. The summed E-state index contributed by atoms with van der Waals surface area (Å²) in [4.78, 5) is 39.7. The molecule has 2 heterocycles. The van der Waals surface area contributed by atoms with E-state index in [0.29, 0.717) is 11.5 Å². The summed E-state index contributed by atoms with van der Waals surface area (Å²) in [7, 11) is 0. The molecule has 4 rings (SSSR count). The number of hydrogen-bond donors (Lipinski definition) is 1. The molecule has 1 aromatic carbocycles. The zero-order valence-electron chi connectivity index (χ0n) is 17.0. The number of carbonyl (C=O) groups excluding carboxylic acids is 3. The lowest BCUT2D eigenvalue weighted by Gasteiger charge is -2.26. The van der Waals surface area contributed by atoms with Gasteiger partial charge in [0, 0.05) is 31.5 Å². The first-order valence-corrected chi connectivity index (χ1v) is 10.2. The second-order valence-electron chi connectivity index (χ2n) is 8.01. The first-order valence-electron chi connectivity index (χ1n) is 10.2. The highest BCUT2D eigenvalue weighted by atomic mass is 16.5. The van der Waals surface area contributed by atoms with E-state index < -0.39 is 23.9 Å². The molecule has 1 saturated carbocycles. The molecule has 2 aliphatic rings. The SMILES string of the molecule is CC(=O)OC(C(=O)NC1CC1)C1CN(Cc2cc(C)on2)C(=O)[C@@H]1c1ccccc1. The maximum atomic E-state index is 13.4. The normalized spacial score (nSPS) is 22.1. The Bertz CT molecular complexity index is 937. The fourth-order valence-corrected chi connectivity index (χ4v) is 4.01. The van der Waals surface area contributed by atoms with Gasteiger partial charge in [0.1, 0.15) is 11.5 Å². The van der Waals surface area contributed by atoms with Crippen LogP contribution in [0, 0.1) is 12.8 Å². The molecule has 0 spiro atoms. The molecule has 2 amide bonds. The van der Waals surface area contributed by atoms with E-state index in [1.807, 2.05) is 30.3 Å². The maximum Gasteiger partial charge on any atom is 0.303 e. The standard InChI is InChI=1S/C22H25N3O5/c1-13-10-17(24-30-13)11-25-12-18(19(22(25)28)15-6-4-3-5-7-15)20(29-14(2)26)21(27)23-16-8-9-16/h3-7,10,16,18-20H,8-9,11-12H2,1-2H3,(H,23,27)/t18?,19-,20?/m1/s1. The van der Waals surface area contributed by atoms with E-state index in [1.165, 1.54) is 6.92 Å².